The van der Waals surface area contributed by atoms with Crippen molar-refractivity contribution in [2.45, 2.75) is 31.7 Å². The van der Waals surface area contributed by atoms with Crippen LogP contribution in [0.1, 0.15) is 25.7 Å². The molecule has 0 saturated heterocycles. The second-order valence-electron chi connectivity index (χ2n) is 7.70. The van der Waals surface area contributed by atoms with Gasteiger partial charge in [0.15, 0.2) is 23.1 Å². The van der Waals surface area contributed by atoms with Crippen LogP contribution in [0.3, 0.4) is 0 Å². The van der Waals surface area contributed by atoms with Gasteiger partial charge in [-0.25, -0.2) is 23.7 Å². The van der Waals surface area contributed by atoms with E-state index in [1.165, 1.54) is 6.07 Å². The second kappa shape index (κ2) is 8.16. The van der Waals surface area contributed by atoms with Crippen molar-refractivity contribution in [3.8, 4) is 11.5 Å². The molecule has 0 spiro atoms. The minimum absolute atomic E-state index is 0. The maximum atomic E-state index is 14.5. The number of carbonyl (C=O) groups is 1. The van der Waals surface area contributed by atoms with Crippen molar-refractivity contribution in [3.05, 3.63) is 30.1 Å². The molecule has 0 radical (unpaired) electrons. The maximum Gasteiger partial charge on any atom is 1.00 e. The summed E-state index contributed by atoms with van der Waals surface area (Å²) in [6.45, 7) is 0. The molecule has 3 fully saturated rings. The third kappa shape index (κ3) is 3.57. The van der Waals surface area contributed by atoms with Crippen LogP contribution in [-0.4, -0.2) is 37.2 Å². The zero-order chi connectivity index (χ0) is 20.1. The monoisotopic (exact) mass is 422 g/mol. The summed E-state index contributed by atoms with van der Waals surface area (Å²) in [6, 6.07) is 0.787. The molecule has 6 rings (SSSR count). The maximum absolute atomic E-state index is 14.5. The van der Waals surface area contributed by atoms with Crippen LogP contribution in [0.4, 0.5) is 14.6 Å². The molecule has 3 heterocycles. The van der Waals surface area contributed by atoms with Gasteiger partial charge in [0.05, 0.1) is 17.8 Å². The first-order chi connectivity index (χ1) is 14.0. The first-order valence-corrected chi connectivity index (χ1v) is 9.51. The van der Waals surface area contributed by atoms with Crippen LogP contribution in [0.5, 0.6) is 0 Å². The molecular weight excluding hydrogens is 405 g/mol. The molecule has 2 N–H and O–H groups in total. The first kappa shape index (κ1) is 21.1. The van der Waals surface area contributed by atoms with E-state index < -0.39 is 29.6 Å². The Bertz CT molecular complexity index is 1100. The SMILES string of the molecule is O=C([O-])[C@H]1C2CCC(CC2)[C@@H]1Nc1nc(-c2[nH]nc3ncc(F)cc23)ncc1F.[Na+]. The van der Waals surface area contributed by atoms with Crippen molar-refractivity contribution in [3.63, 3.8) is 0 Å². The van der Waals surface area contributed by atoms with Gasteiger partial charge in [0.1, 0.15) is 11.5 Å². The topological polar surface area (TPSA) is 120 Å². The van der Waals surface area contributed by atoms with Crippen molar-refractivity contribution in [2.24, 2.45) is 17.8 Å². The summed E-state index contributed by atoms with van der Waals surface area (Å²) in [7, 11) is 0. The molecule has 150 valence electrons. The zero-order valence-electron chi connectivity index (χ0n) is 16.2. The summed E-state index contributed by atoms with van der Waals surface area (Å²) in [6.07, 6.45) is 5.52. The van der Waals surface area contributed by atoms with Gasteiger partial charge in [-0.05, 0) is 43.6 Å². The number of fused-ring (bicyclic) bond motifs is 4. The number of hydrogen-bond donors (Lipinski definition) is 2. The Morgan fingerprint density at radius 1 is 1.13 bits per heavy atom. The molecule has 2 atom stereocenters. The Morgan fingerprint density at radius 3 is 2.60 bits per heavy atom. The number of nitrogens with zero attached hydrogens (tertiary/aromatic N) is 4. The predicted molar refractivity (Wildman–Crippen MR) is 96.2 cm³/mol. The van der Waals surface area contributed by atoms with Crippen LogP contribution in [0.2, 0.25) is 0 Å². The number of rotatable bonds is 4. The van der Waals surface area contributed by atoms with Crippen LogP contribution in [0.15, 0.2) is 18.5 Å². The summed E-state index contributed by atoms with van der Waals surface area (Å²) in [4.78, 5) is 23.8. The van der Waals surface area contributed by atoms with Gasteiger partial charge >= 0.3 is 29.6 Å². The first-order valence-electron chi connectivity index (χ1n) is 9.51. The van der Waals surface area contributed by atoms with Gasteiger partial charge in [-0.2, -0.15) is 5.10 Å². The number of carboxylic acid groups (broad SMARTS) is 1. The van der Waals surface area contributed by atoms with Crippen LogP contribution < -0.4 is 40.0 Å². The molecule has 3 aliphatic rings. The Hall–Kier alpha value is -2.17. The van der Waals surface area contributed by atoms with Crippen LogP contribution >= 0.6 is 0 Å². The fourth-order valence-corrected chi connectivity index (χ4v) is 4.79. The number of pyridine rings is 1. The molecule has 30 heavy (non-hydrogen) atoms. The van der Waals surface area contributed by atoms with Gasteiger partial charge in [-0.3, -0.25) is 5.10 Å². The zero-order valence-corrected chi connectivity index (χ0v) is 18.2. The minimum atomic E-state index is -1.12. The molecular formula is C19H17F2N6NaO2. The average Bonchev–Trinajstić information content (AvgIpc) is 3.13. The number of aromatic amines is 1. The number of nitrogens with one attached hydrogen (secondary N) is 2. The van der Waals surface area contributed by atoms with E-state index in [1.54, 1.807) is 0 Å². The van der Waals surface area contributed by atoms with E-state index in [-0.39, 0.29) is 58.7 Å². The number of anilines is 1. The number of H-pyrrole nitrogens is 1. The van der Waals surface area contributed by atoms with E-state index in [0.717, 1.165) is 38.1 Å². The van der Waals surface area contributed by atoms with Gasteiger partial charge in [0.25, 0.3) is 0 Å². The summed E-state index contributed by atoms with van der Waals surface area (Å²) in [5.41, 5.74) is 0.585. The van der Waals surface area contributed by atoms with E-state index in [0.29, 0.717) is 11.1 Å². The third-order valence-corrected chi connectivity index (χ3v) is 6.14. The summed E-state index contributed by atoms with van der Waals surface area (Å²) in [5.74, 6) is -2.89. The van der Waals surface area contributed by atoms with Crippen LogP contribution in [0.25, 0.3) is 22.6 Å². The normalized spacial score (nSPS) is 25.1. The van der Waals surface area contributed by atoms with E-state index in [4.69, 9.17) is 0 Å². The van der Waals surface area contributed by atoms with E-state index in [2.05, 4.69) is 30.5 Å². The number of aromatic nitrogens is 5. The average molecular weight is 422 g/mol. The summed E-state index contributed by atoms with van der Waals surface area (Å²) in [5, 5.41) is 21.8. The Morgan fingerprint density at radius 2 is 1.87 bits per heavy atom. The fourth-order valence-electron chi connectivity index (χ4n) is 4.79. The Kier molecular flexibility index (Phi) is 5.73. The third-order valence-electron chi connectivity index (χ3n) is 6.14. The Labute approximate surface area is 192 Å². The van der Waals surface area contributed by atoms with Crippen molar-refractivity contribution in [1.29, 1.82) is 0 Å². The van der Waals surface area contributed by atoms with E-state index in [1.807, 2.05) is 0 Å². The smallest absolute Gasteiger partial charge is 0.550 e. The molecule has 8 nitrogen and oxygen atoms in total. The number of hydrogen-bond acceptors (Lipinski definition) is 7. The van der Waals surface area contributed by atoms with Crippen molar-refractivity contribution in [1.82, 2.24) is 25.1 Å². The molecule has 0 amide bonds. The van der Waals surface area contributed by atoms with Gasteiger partial charge in [-0.15, -0.1) is 0 Å². The van der Waals surface area contributed by atoms with Crippen molar-refractivity contribution >= 4 is 22.8 Å². The molecule has 3 aromatic heterocycles. The van der Waals surface area contributed by atoms with Crippen molar-refractivity contribution in [2.75, 3.05) is 5.32 Å². The molecule has 11 heteroatoms. The van der Waals surface area contributed by atoms with Gasteiger partial charge in [0, 0.05) is 17.9 Å². The van der Waals surface area contributed by atoms with Gasteiger partial charge in [0.2, 0.25) is 0 Å². The fraction of sp³-hybridized carbons (Fsp3) is 0.421. The molecule has 2 bridgehead atoms. The second-order valence-corrected chi connectivity index (χ2v) is 7.70. The molecule has 3 aromatic rings. The standard InChI is InChI=1S/C19H18F2N6O2.Na/c20-10-5-11-15(26-27-16(11)22-6-10)18-23-7-12(21)17(25-18)24-14-9-3-1-8(2-4-9)13(14)19(28)29;/h5-9,13-14H,1-4H2,(H,28,29)(H,22,26,27)(H,23,24,25);/q;+1/p-1/t8?,9?,13-,14-;/m0./s1. The number of carbonyl (C=O) groups excluding carboxylic acids is 1. The molecule has 3 aliphatic carbocycles. The van der Waals surface area contributed by atoms with Gasteiger partial charge in [-0.1, -0.05) is 0 Å². The van der Waals surface area contributed by atoms with E-state index in [9.17, 15) is 18.7 Å². The van der Waals surface area contributed by atoms with Crippen LogP contribution in [-0.2, 0) is 4.79 Å². The molecule has 0 aromatic carbocycles. The summed E-state index contributed by atoms with van der Waals surface area (Å²) < 4.78 is 28.1. The molecule has 3 saturated carbocycles. The van der Waals surface area contributed by atoms with Crippen LogP contribution in [0, 0.1) is 29.4 Å². The van der Waals surface area contributed by atoms with E-state index >= 15 is 0 Å². The molecule has 0 unspecified atom stereocenters. The largest absolute Gasteiger partial charge is 1.00 e. The predicted octanol–water partition coefficient (Wildman–Crippen LogP) is -1.34. The quantitative estimate of drug-likeness (QED) is 0.500. The minimum Gasteiger partial charge on any atom is -0.550 e. The number of aliphatic carboxylic acids is 1. The number of halogens is 2. The molecule has 0 aliphatic heterocycles. The van der Waals surface area contributed by atoms with Gasteiger partial charge < -0.3 is 15.2 Å². The van der Waals surface area contributed by atoms with Crippen molar-refractivity contribution < 1.29 is 48.2 Å². The summed E-state index contributed by atoms with van der Waals surface area (Å²) >= 11 is 0. The number of carboxylic acids is 1. The Balaban J connectivity index is 0.00000218.